The maximum absolute atomic E-state index is 14.3. The van der Waals surface area contributed by atoms with Crippen molar-refractivity contribution >= 4 is 28.3 Å². The summed E-state index contributed by atoms with van der Waals surface area (Å²) in [5, 5.41) is 1.83. The van der Waals surface area contributed by atoms with Crippen molar-refractivity contribution < 1.29 is 14.0 Å². The molecule has 2 heterocycles. The number of carbonyl (C=O) groups is 2. The van der Waals surface area contributed by atoms with Gasteiger partial charge in [0.1, 0.15) is 18.4 Å². The lowest BCUT2D eigenvalue weighted by atomic mass is 9.97. The first-order valence-electron chi connectivity index (χ1n) is 13.1. The molecule has 0 unspecified atom stereocenters. The third-order valence-electron chi connectivity index (χ3n) is 7.38. The van der Waals surface area contributed by atoms with Crippen molar-refractivity contribution in [2.75, 3.05) is 11.4 Å². The molecule has 0 fully saturated rings. The Labute approximate surface area is 226 Å². The predicted octanol–water partition coefficient (Wildman–Crippen LogP) is 6.76. The van der Waals surface area contributed by atoms with E-state index in [-0.39, 0.29) is 30.2 Å². The van der Waals surface area contributed by atoms with E-state index in [2.05, 4.69) is 4.57 Å². The first-order chi connectivity index (χ1) is 18.9. The summed E-state index contributed by atoms with van der Waals surface area (Å²) in [6.45, 7) is 3.73. The van der Waals surface area contributed by atoms with Gasteiger partial charge in [0.05, 0.1) is 17.1 Å². The zero-order valence-corrected chi connectivity index (χ0v) is 21.8. The standard InChI is InChI=1S/C33H28FN3O2/c1-22(2)36(33(39)27-12-7-10-23-9-3-4-11-26(23)27)21-31(38)37-29-14-6-5-13-28(29)35-20-8-15-30(35)32(37)24-16-18-25(34)19-17-24/h3-20,22,32H,21H2,1-2H3/t32-/m0/s1. The Morgan fingerprint density at radius 1 is 0.821 bits per heavy atom. The Kier molecular flexibility index (Phi) is 6.23. The molecule has 0 spiro atoms. The Bertz CT molecular complexity index is 1680. The molecule has 1 atom stereocenters. The van der Waals surface area contributed by atoms with Crippen LogP contribution in [0.15, 0.2) is 109 Å². The third-order valence-corrected chi connectivity index (χ3v) is 7.38. The van der Waals surface area contributed by atoms with Gasteiger partial charge in [-0.15, -0.1) is 0 Å². The number of para-hydroxylation sites is 2. The van der Waals surface area contributed by atoms with Crippen LogP contribution in [-0.4, -0.2) is 33.9 Å². The van der Waals surface area contributed by atoms with Crippen LogP contribution in [-0.2, 0) is 4.79 Å². The summed E-state index contributed by atoms with van der Waals surface area (Å²) in [5.74, 6) is -0.747. The van der Waals surface area contributed by atoms with Crippen molar-refractivity contribution in [3.8, 4) is 5.69 Å². The first-order valence-corrected chi connectivity index (χ1v) is 13.1. The zero-order valence-electron chi connectivity index (χ0n) is 21.8. The first kappa shape index (κ1) is 24.6. The van der Waals surface area contributed by atoms with Gasteiger partial charge >= 0.3 is 0 Å². The van der Waals surface area contributed by atoms with Crippen LogP contribution in [0.2, 0.25) is 0 Å². The maximum atomic E-state index is 14.3. The monoisotopic (exact) mass is 517 g/mol. The zero-order chi connectivity index (χ0) is 27.1. The molecule has 6 rings (SSSR count). The van der Waals surface area contributed by atoms with Crippen molar-refractivity contribution in [2.45, 2.75) is 25.9 Å². The summed E-state index contributed by atoms with van der Waals surface area (Å²) in [7, 11) is 0. The second kappa shape index (κ2) is 9.87. The topological polar surface area (TPSA) is 45.6 Å². The van der Waals surface area contributed by atoms with E-state index in [0.29, 0.717) is 5.56 Å². The Morgan fingerprint density at radius 3 is 2.28 bits per heavy atom. The minimum absolute atomic E-state index is 0.105. The van der Waals surface area contributed by atoms with E-state index in [0.717, 1.165) is 33.4 Å². The number of halogens is 1. The minimum Gasteiger partial charge on any atom is -0.327 e. The SMILES string of the molecule is CC(C)N(CC(=O)N1c2ccccc2-n2cccc2[C@@H]1c1ccc(F)cc1)C(=O)c1cccc2ccccc12. The molecule has 0 saturated carbocycles. The smallest absolute Gasteiger partial charge is 0.255 e. The average Bonchev–Trinajstić information content (AvgIpc) is 3.45. The van der Waals surface area contributed by atoms with E-state index in [1.807, 2.05) is 98.9 Å². The van der Waals surface area contributed by atoms with Gasteiger partial charge in [-0.05, 0) is 72.6 Å². The van der Waals surface area contributed by atoms with Crippen molar-refractivity contribution in [1.82, 2.24) is 9.47 Å². The van der Waals surface area contributed by atoms with E-state index in [4.69, 9.17) is 0 Å². The molecule has 0 bridgehead atoms. The van der Waals surface area contributed by atoms with Gasteiger partial charge in [0.15, 0.2) is 0 Å². The summed E-state index contributed by atoms with van der Waals surface area (Å²) in [5.41, 5.74) is 3.86. The molecule has 6 heteroatoms. The Hall–Kier alpha value is -4.71. The van der Waals surface area contributed by atoms with Crippen LogP contribution < -0.4 is 4.90 Å². The van der Waals surface area contributed by atoms with E-state index >= 15 is 0 Å². The lowest BCUT2D eigenvalue weighted by Crippen LogP contribution is -2.48. The lowest BCUT2D eigenvalue weighted by Gasteiger charge is -2.40. The molecule has 5 aromatic rings. The number of hydrogen-bond acceptors (Lipinski definition) is 2. The van der Waals surface area contributed by atoms with Crippen LogP contribution in [0.4, 0.5) is 10.1 Å². The normalized spacial score (nSPS) is 14.3. The highest BCUT2D eigenvalue weighted by Gasteiger charge is 2.37. The molecule has 39 heavy (non-hydrogen) atoms. The molecule has 2 amide bonds. The largest absolute Gasteiger partial charge is 0.327 e. The van der Waals surface area contributed by atoms with Gasteiger partial charge in [0.25, 0.3) is 5.91 Å². The van der Waals surface area contributed by atoms with Gasteiger partial charge in [-0.1, -0.05) is 60.7 Å². The molecule has 4 aromatic carbocycles. The van der Waals surface area contributed by atoms with E-state index < -0.39 is 6.04 Å². The molecule has 1 aliphatic rings. The van der Waals surface area contributed by atoms with Crippen LogP contribution in [0, 0.1) is 5.82 Å². The second-order valence-corrected chi connectivity index (χ2v) is 10.1. The van der Waals surface area contributed by atoms with E-state index in [1.54, 1.807) is 21.9 Å². The number of anilines is 1. The van der Waals surface area contributed by atoms with Gasteiger partial charge in [-0.3, -0.25) is 14.5 Å². The molecule has 0 aliphatic carbocycles. The molecular formula is C33H28FN3O2. The van der Waals surface area contributed by atoms with Crippen LogP contribution in [0.25, 0.3) is 16.5 Å². The summed E-state index contributed by atoms with van der Waals surface area (Å²) < 4.78 is 15.9. The van der Waals surface area contributed by atoms with Crippen LogP contribution in [0.5, 0.6) is 0 Å². The molecule has 1 aromatic heterocycles. The molecular weight excluding hydrogens is 489 g/mol. The molecule has 5 nitrogen and oxygen atoms in total. The van der Waals surface area contributed by atoms with Crippen LogP contribution in [0.3, 0.4) is 0 Å². The van der Waals surface area contributed by atoms with Crippen molar-refractivity contribution in [2.24, 2.45) is 0 Å². The fraction of sp³-hybridized carbons (Fsp3) is 0.152. The number of fused-ring (bicyclic) bond motifs is 4. The summed E-state index contributed by atoms with van der Waals surface area (Å²) >= 11 is 0. The van der Waals surface area contributed by atoms with Gasteiger partial charge in [0, 0.05) is 17.8 Å². The fourth-order valence-electron chi connectivity index (χ4n) is 5.50. The van der Waals surface area contributed by atoms with E-state index in [1.165, 1.54) is 12.1 Å². The molecule has 0 radical (unpaired) electrons. The van der Waals surface area contributed by atoms with Crippen molar-refractivity contribution in [3.63, 3.8) is 0 Å². The highest BCUT2D eigenvalue weighted by Crippen LogP contribution is 2.42. The van der Waals surface area contributed by atoms with Gasteiger partial charge in [-0.25, -0.2) is 4.39 Å². The fourth-order valence-corrected chi connectivity index (χ4v) is 5.50. The highest BCUT2D eigenvalue weighted by atomic mass is 19.1. The van der Waals surface area contributed by atoms with Gasteiger partial charge in [0.2, 0.25) is 5.91 Å². The molecule has 1 aliphatic heterocycles. The average molecular weight is 518 g/mol. The number of rotatable bonds is 5. The Morgan fingerprint density at radius 2 is 1.51 bits per heavy atom. The number of amides is 2. The number of aromatic nitrogens is 1. The Balaban J connectivity index is 1.42. The lowest BCUT2D eigenvalue weighted by molar-refractivity contribution is -0.120. The van der Waals surface area contributed by atoms with Crippen LogP contribution in [0.1, 0.15) is 41.5 Å². The summed E-state index contributed by atoms with van der Waals surface area (Å²) in [6.07, 6.45) is 1.97. The summed E-state index contributed by atoms with van der Waals surface area (Å²) in [4.78, 5) is 31.6. The molecule has 0 N–H and O–H groups in total. The van der Waals surface area contributed by atoms with Gasteiger partial charge in [-0.2, -0.15) is 0 Å². The number of carbonyl (C=O) groups excluding carboxylic acids is 2. The van der Waals surface area contributed by atoms with E-state index in [9.17, 15) is 14.0 Å². The molecule has 0 saturated heterocycles. The third kappa shape index (κ3) is 4.28. The number of benzene rings is 4. The van der Waals surface area contributed by atoms with Crippen LogP contribution >= 0.6 is 0 Å². The summed E-state index contributed by atoms with van der Waals surface area (Å²) in [6, 6.07) is 30.6. The van der Waals surface area contributed by atoms with Crippen molar-refractivity contribution in [1.29, 1.82) is 0 Å². The predicted molar refractivity (Wildman–Crippen MR) is 152 cm³/mol. The minimum atomic E-state index is -0.482. The maximum Gasteiger partial charge on any atom is 0.255 e. The molecule has 194 valence electrons. The number of hydrogen-bond donors (Lipinski definition) is 0. The quantitative estimate of drug-likeness (QED) is 0.259. The van der Waals surface area contributed by atoms with Gasteiger partial charge < -0.3 is 9.47 Å². The highest BCUT2D eigenvalue weighted by molar-refractivity contribution is 6.09. The second-order valence-electron chi connectivity index (χ2n) is 10.1. The van der Waals surface area contributed by atoms with Crippen molar-refractivity contribution in [3.05, 3.63) is 132 Å². The number of nitrogens with zero attached hydrogens (tertiary/aromatic N) is 3.